The topological polar surface area (TPSA) is 76.9 Å². The molecule has 8 nitrogen and oxygen atoms in total. The van der Waals surface area contributed by atoms with Gasteiger partial charge in [-0.1, -0.05) is 0 Å². The summed E-state index contributed by atoms with van der Waals surface area (Å²) in [6.45, 7) is 0. The molecule has 0 bridgehead atoms. The zero-order chi connectivity index (χ0) is 21.0. The summed E-state index contributed by atoms with van der Waals surface area (Å²) in [6.07, 6.45) is 1.66. The van der Waals surface area contributed by atoms with Crippen molar-refractivity contribution in [2.45, 2.75) is 0 Å². The molecule has 0 spiro atoms. The summed E-state index contributed by atoms with van der Waals surface area (Å²) in [6, 6.07) is 11.6. The molecule has 0 saturated carbocycles. The van der Waals surface area contributed by atoms with Gasteiger partial charge in [0.2, 0.25) is 10.5 Å². The summed E-state index contributed by atoms with van der Waals surface area (Å²) in [5.74, 6) is 2.23. The van der Waals surface area contributed by atoms with Gasteiger partial charge in [-0.3, -0.25) is 0 Å². The van der Waals surface area contributed by atoms with E-state index in [0.29, 0.717) is 27.8 Å². The number of anilines is 1. The lowest BCUT2D eigenvalue weighted by Gasteiger charge is -2.13. The number of hydrogen-bond acceptors (Lipinski definition) is 7. The molecule has 0 unspecified atom stereocenters. The fourth-order valence-electron chi connectivity index (χ4n) is 2.79. The van der Waals surface area contributed by atoms with E-state index in [4.69, 9.17) is 26.4 Å². The average Bonchev–Trinajstić information content (AvgIpc) is 3.11. The van der Waals surface area contributed by atoms with Crippen LogP contribution in [0.5, 0.6) is 17.2 Å². The van der Waals surface area contributed by atoms with Crippen LogP contribution in [-0.4, -0.2) is 56.5 Å². The van der Waals surface area contributed by atoms with E-state index >= 15 is 0 Å². The van der Waals surface area contributed by atoms with E-state index in [-0.39, 0.29) is 0 Å². The Morgan fingerprint density at radius 3 is 2.17 bits per heavy atom. The van der Waals surface area contributed by atoms with Crippen molar-refractivity contribution in [1.82, 2.24) is 14.9 Å². The fraction of sp³-hybridized carbons (Fsp3) is 0.250. The number of methoxy groups -OCH3 is 3. The van der Waals surface area contributed by atoms with E-state index < -0.39 is 0 Å². The minimum atomic E-state index is 0.389. The van der Waals surface area contributed by atoms with Crippen molar-refractivity contribution in [3.8, 4) is 28.6 Å². The first kappa shape index (κ1) is 20.4. The van der Waals surface area contributed by atoms with Crippen LogP contribution in [0.3, 0.4) is 0 Å². The zero-order valence-corrected chi connectivity index (χ0v) is 17.8. The molecule has 0 aliphatic heterocycles. The standard InChI is InChI=1S/C20H23N5O3S/c1-24(2)15-8-6-14(7-9-15)19-22-23-20(29)25(19)21-12-13-10-16(26-3)18(28-5)17(11-13)27-4/h6-12H,1-5H3,(H,23,29)/b21-12+. The summed E-state index contributed by atoms with van der Waals surface area (Å²) in [4.78, 5) is 2.03. The highest BCUT2D eigenvalue weighted by molar-refractivity contribution is 7.71. The fourth-order valence-corrected chi connectivity index (χ4v) is 2.97. The number of aromatic nitrogens is 3. The lowest BCUT2D eigenvalue weighted by molar-refractivity contribution is 0.324. The highest BCUT2D eigenvalue weighted by Gasteiger charge is 2.13. The van der Waals surface area contributed by atoms with E-state index in [2.05, 4.69) is 15.3 Å². The molecular weight excluding hydrogens is 390 g/mol. The first-order valence-corrected chi connectivity index (χ1v) is 9.18. The van der Waals surface area contributed by atoms with Crippen LogP contribution in [0.1, 0.15) is 5.56 Å². The molecule has 152 valence electrons. The lowest BCUT2D eigenvalue weighted by atomic mass is 10.2. The van der Waals surface area contributed by atoms with Gasteiger partial charge in [-0.2, -0.15) is 14.9 Å². The summed E-state index contributed by atoms with van der Waals surface area (Å²) >= 11 is 5.35. The molecule has 3 aromatic rings. The molecule has 0 saturated heterocycles. The molecule has 0 aliphatic carbocycles. The van der Waals surface area contributed by atoms with E-state index in [1.807, 2.05) is 43.3 Å². The Bertz CT molecular complexity index is 1050. The summed E-state index contributed by atoms with van der Waals surface area (Å²) < 4.78 is 18.1. The number of H-pyrrole nitrogens is 1. The molecule has 0 radical (unpaired) electrons. The van der Waals surface area contributed by atoms with Crippen molar-refractivity contribution in [1.29, 1.82) is 0 Å². The first-order valence-electron chi connectivity index (χ1n) is 8.78. The van der Waals surface area contributed by atoms with Crippen molar-refractivity contribution >= 4 is 24.1 Å². The molecule has 0 aliphatic rings. The van der Waals surface area contributed by atoms with Gasteiger partial charge in [0.25, 0.3) is 0 Å². The second-order valence-electron chi connectivity index (χ2n) is 6.31. The summed E-state index contributed by atoms with van der Waals surface area (Å²) in [5, 5.41) is 11.6. The van der Waals surface area contributed by atoms with Crippen molar-refractivity contribution in [2.24, 2.45) is 5.10 Å². The maximum atomic E-state index is 5.39. The predicted octanol–water partition coefficient (Wildman–Crippen LogP) is 3.58. The second-order valence-corrected chi connectivity index (χ2v) is 6.70. The van der Waals surface area contributed by atoms with Gasteiger partial charge in [-0.25, -0.2) is 5.10 Å². The van der Waals surface area contributed by atoms with Gasteiger partial charge in [0.15, 0.2) is 17.3 Å². The highest BCUT2D eigenvalue weighted by Crippen LogP contribution is 2.37. The van der Waals surface area contributed by atoms with Crippen LogP contribution >= 0.6 is 12.2 Å². The SMILES string of the molecule is COc1cc(/C=N/n2c(-c3ccc(N(C)C)cc3)n[nH]c2=S)cc(OC)c1OC. The molecule has 29 heavy (non-hydrogen) atoms. The van der Waals surface area contributed by atoms with Crippen LogP contribution in [-0.2, 0) is 0 Å². The normalized spacial score (nSPS) is 10.9. The largest absolute Gasteiger partial charge is 0.493 e. The maximum Gasteiger partial charge on any atom is 0.216 e. The lowest BCUT2D eigenvalue weighted by Crippen LogP contribution is -2.08. The van der Waals surface area contributed by atoms with Gasteiger partial charge >= 0.3 is 0 Å². The Morgan fingerprint density at radius 2 is 1.66 bits per heavy atom. The molecule has 1 N–H and O–H groups in total. The number of hydrogen-bond donors (Lipinski definition) is 1. The predicted molar refractivity (Wildman–Crippen MR) is 116 cm³/mol. The van der Waals surface area contributed by atoms with Crippen LogP contribution in [0, 0.1) is 4.77 Å². The Labute approximate surface area is 174 Å². The van der Waals surface area contributed by atoms with E-state index in [9.17, 15) is 0 Å². The van der Waals surface area contributed by atoms with Crippen molar-refractivity contribution < 1.29 is 14.2 Å². The first-order chi connectivity index (χ1) is 14.0. The van der Waals surface area contributed by atoms with Gasteiger partial charge in [0, 0.05) is 30.9 Å². The number of benzene rings is 2. The van der Waals surface area contributed by atoms with E-state index in [1.54, 1.807) is 44.4 Å². The van der Waals surface area contributed by atoms with Crippen molar-refractivity contribution in [3.63, 3.8) is 0 Å². The van der Waals surface area contributed by atoms with Gasteiger partial charge in [-0.15, -0.1) is 0 Å². The Hall–Kier alpha value is -3.33. The number of ether oxygens (including phenoxy) is 3. The molecule has 0 amide bonds. The van der Waals surface area contributed by atoms with Gasteiger partial charge in [-0.05, 0) is 48.6 Å². The molecule has 0 fully saturated rings. The van der Waals surface area contributed by atoms with Crippen LogP contribution in [0.4, 0.5) is 5.69 Å². The molecule has 1 heterocycles. The molecule has 1 aromatic heterocycles. The molecule has 3 rings (SSSR count). The Morgan fingerprint density at radius 1 is 1.03 bits per heavy atom. The molecule has 9 heteroatoms. The average molecular weight is 414 g/mol. The summed E-state index contributed by atoms with van der Waals surface area (Å²) in [5.41, 5.74) is 2.75. The van der Waals surface area contributed by atoms with Gasteiger partial charge in [0.1, 0.15) is 0 Å². The van der Waals surface area contributed by atoms with Crippen LogP contribution in [0.15, 0.2) is 41.5 Å². The molecule has 2 aromatic carbocycles. The minimum Gasteiger partial charge on any atom is -0.493 e. The Balaban J connectivity index is 1.98. The van der Waals surface area contributed by atoms with Crippen LogP contribution in [0.25, 0.3) is 11.4 Å². The zero-order valence-electron chi connectivity index (χ0n) is 17.0. The Kier molecular flexibility index (Phi) is 6.18. The quantitative estimate of drug-likeness (QED) is 0.471. The minimum absolute atomic E-state index is 0.389. The van der Waals surface area contributed by atoms with Gasteiger partial charge in [0.05, 0.1) is 27.5 Å². The summed E-state index contributed by atoms with van der Waals surface area (Å²) in [7, 11) is 8.69. The number of nitrogens with zero attached hydrogens (tertiary/aromatic N) is 4. The van der Waals surface area contributed by atoms with Crippen LogP contribution in [0.2, 0.25) is 0 Å². The van der Waals surface area contributed by atoms with Crippen LogP contribution < -0.4 is 19.1 Å². The third-order valence-corrected chi connectivity index (χ3v) is 4.57. The van der Waals surface area contributed by atoms with Crippen molar-refractivity contribution in [3.05, 3.63) is 46.7 Å². The number of rotatable bonds is 7. The maximum absolute atomic E-state index is 5.39. The molecular formula is C20H23N5O3S. The van der Waals surface area contributed by atoms with Gasteiger partial charge < -0.3 is 19.1 Å². The number of nitrogens with one attached hydrogen (secondary N) is 1. The molecule has 0 atom stereocenters. The highest BCUT2D eigenvalue weighted by atomic mass is 32.1. The monoisotopic (exact) mass is 413 g/mol. The smallest absolute Gasteiger partial charge is 0.216 e. The van der Waals surface area contributed by atoms with E-state index in [1.165, 1.54) is 0 Å². The third-order valence-electron chi connectivity index (χ3n) is 4.30. The van der Waals surface area contributed by atoms with E-state index in [0.717, 1.165) is 16.8 Å². The number of aromatic amines is 1. The third kappa shape index (κ3) is 4.24. The van der Waals surface area contributed by atoms with Crippen molar-refractivity contribution in [2.75, 3.05) is 40.3 Å². The second kappa shape index (κ2) is 8.78.